The standard InChI is InChI=1S/C13H17BrN4O/c1-10(12-4-2-3-5-13(12)14)15-8-11-9-18(6-7-19)17-16-11/h2-5,9-10,15,19H,6-8H2,1H3/t10-/m1/s1. The fourth-order valence-electron chi connectivity index (χ4n) is 1.83. The van der Waals surface area contributed by atoms with Gasteiger partial charge in [-0.15, -0.1) is 5.10 Å². The molecule has 0 saturated carbocycles. The molecule has 5 nitrogen and oxygen atoms in total. The Morgan fingerprint density at radius 1 is 1.42 bits per heavy atom. The van der Waals surface area contributed by atoms with Gasteiger partial charge in [0.15, 0.2) is 0 Å². The fraction of sp³-hybridized carbons (Fsp3) is 0.385. The van der Waals surface area contributed by atoms with E-state index < -0.39 is 0 Å². The SMILES string of the molecule is C[C@@H](NCc1cn(CCO)nn1)c1ccccc1Br. The summed E-state index contributed by atoms with van der Waals surface area (Å²) in [7, 11) is 0. The third kappa shape index (κ3) is 3.86. The average Bonchev–Trinajstić information content (AvgIpc) is 2.85. The van der Waals surface area contributed by atoms with Crippen LogP contribution < -0.4 is 5.32 Å². The number of rotatable bonds is 6. The molecule has 19 heavy (non-hydrogen) atoms. The maximum atomic E-state index is 8.82. The zero-order chi connectivity index (χ0) is 13.7. The number of benzene rings is 1. The van der Waals surface area contributed by atoms with Crippen LogP contribution in [0.15, 0.2) is 34.9 Å². The highest BCUT2D eigenvalue weighted by Crippen LogP contribution is 2.22. The molecule has 0 spiro atoms. The quantitative estimate of drug-likeness (QED) is 0.851. The van der Waals surface area contributed by atoms with Crippen molar-refractivity contribution in [3.8, 4) is 0 Å². The summed E-state index contributed by atoms with van der Waals surface area (Å²) in [5, 5.41) is 20.2. The molecule has 0 aliphatic heterocycles. The average molecular weight is 325 g/mol. The van der Waals surface area contributed by atoms with Crippen molar-refractivity contribution in [2.45, 2.75) is 26.1 Å². The van der Waals surface area contributed by atoms with Gasteiger partial charge in [0.25, 0.3) is 0 Å². The predicted molar refractivity (Wildman–Crippen MR) is 76.5 cm³/mol. The van der Waals surface area contributed by atoms with Gasteiger partial charge >= 0.3 is 0 Å². The third-order valence-corrected chi connectivity index (χ3v) is 3.60. The molecule has 1 heterocycles. The summed E-state index contributed by atoms with van der Waals surface area (Å²) in [5.41, 5.74) is 2.08. The molecular weight excluding hydrogens is 308 g/mol. The van der Waals surface area contributed by atoms with Gasteiger partial charge in [-0.25, -0.2) is 4.68 Å². The molecule has 2 rings (SSSR count). The van der Waals surface area contributed by atoms with Crippen LogP contribution in [0.4, 0.5) is 0 Å². The van der Waals surface area contributed by atoms with E-state index in [0.717, 1.165) is 10.2 Å². The molecule has 1 aromatic carbocycles. The molecular formula is C13H17BrN4O. The van der Waals surface area contributed by atoms with Gasteiger partial charge in [0.2, 0.25) is 0 Å². The number of aromatic nitrogens is 3. The molecule has 0 saturated heterocycles. The molecule has 1 atom stereocenters. The summed E-state index contributed by atoms with van der Waals surface area (Å²) < 4.78 is 2.74. The van der Waals surface area contributed by atoms with E-state index in [0.29, 0.717) is 13.1 Å². The molecule has 0 fully saturated rings. The van der Waals surface area contributed by atoms with Gasteiger partial charge in [-0.3, -0.25) is 0 Å². The highest BCUT2D eigenvalue weighted by Gasteiger charge is 2.09. The van der Waals surface area contributed by atoms with E-state index >= 15 is 0 Å². The van der Waals surface area contributed by atoms with Gasteiger partial charge in [-0.2, -0.15) is 0 Å². The van der Waals surface area contributed by atoms with E-state index in [-0.39, 0.29) is 12.6 Å². The number of hydrogen-bond donors (Lipinski definition) is 2. The van der Waals surface area contributed by atoms with Crippen LogP contribution in [0.25, 0.3) is 0 Å². The van der Waals surface area contributed by atoms with Gasteiger partial charge in [0.1, 0.15) is 0 Å². The lowest BCUT2D eigenvalue weighted by Gasteiger charge is -2.14. The van der Waals surface area contributed by atoms with Gasteiger partial charge in [-0.05, 0) is 18.6 Å². The number of aliphatic hydroxyl groups is 1. The number of aliphatic hydroxyl groups excluding tert-OH is 1. The molecule has 102 valence electrons. The number of hydrogen-bond acceptors (Lipinski definition) is 4. The maximum absolute atomic E-state index is 8.82. The van der Waals surface area contributed by atoms with Crippen LogP contribution in [0.5, 0.6) is 0 Å². The van der Waals surface area contributed by atoms with E-state index in [4.69, 9.17) is 5.11 Å². The zero-order valence-electron chi connectivity index (χ0n) is 10.8. The van der Waals surface area contributed by atoms with Crippen LogP contribution in [0.2, 0.25) is 0 Å². The highest BCUT2D eigenvalue weighted by atomic mass is 79.9. The summed E-state index contributed by atoms with van der Waals surface area (Å²) in [6.45, 7) is 3.31. The smallest absolute Gasteiger partial charge is 0.0965 e. The first-order valence-corrected chi connectivity index (χ1v) is 6.97. The van der Waals surface area contributed by atoms with E-state index in [1.807, 2.05) is 24.4 Å². The monoisotopic (exact) mass is 324 g/mol. The zero-order valence-corrected chi connectivity index (χ0v) is 12.3. The molecule has 0 amide bonds. The second-order valence-electron chi connectivity index (χ2n) is 4.32. The largest absolute Gasteiger partial charge is 0.394 e. The molecule has 6 heteroatoms. The Labute approximate surface area is 120 Å². The van der Waals surface area contributed by atoms with E-state index in [1.165, 1.54) is 5.56 Å². The summed E-state index contributed by atoms with van der Waals surface area (Å²) in [6.07, 6.45) is 1.84. The van der Waals surface area contributed by atoms with Crippen molar-refractivity contribution in [1.29, 1.82) is 0 Å². The van der Waals surface area contributed by atoms with Crippen molar-refractivity contribution in [3.05, 3.63) is 46.2 Å². The van der Waals surface area contributed by atoms with Crippen molar-refractivity contribution in [2.24, 2.45) is 0 Å². The van der Waals surface area contributed by atoms with Crippen molar-refractivity contribution >= 4 is 15.9 Å². The molecule has 0 bridgehead atoms. The van der Waals surface area contributed by atoms with Crippen LogP contribution in [-0.2, 0) is 13.1 Å². The predicted octanol–water partition coefficient (Wildman–Crippen LogP) is 1.88. The van der Waals surface area contributed by atoms with Gasteiger partial charge in [-0.1, -0.05) is 39.3 Å². The van der Waals surface area contributed by atoms with Crippen molar-refractivity contribution in [1.82, 2.24) is 20.3 Å². The molecule has 0 aliphatic carbocycles. The Kier molecular flexibility index (Phi) is 5.07. The lowest BCUT2D eigenvalue weighted by Crippen LogP contribution is -2.18. The summed E-state index contributed by atoms with van der Waals surface area (Å²) in [4.78, 5) is 0. The van der Waals surface area contributed by atoms with E-state index in [9.17, 15) is 0 Å². The second-order valence-corrected chi connectivity index (χ2v) is 5.17. The Morgan fingerprint density at radius 2 is 2.21 bits per heavy atom. The van der Waals surface area contributed by atoms with Crippen molar-refractivity contribution in [2.75, 3.05) is 6.61 Å². The number of nitrogens with zero attached hydrogens (tertiary/aromatic N) is 3. The Hall–Kier alpha value is -1.24. The Balaban J connectivity index is 1.92. The first kappa shape index (κ1) is 14.2. The van der Waals surface area contributed by atoms with E-state index in [1.54, 1.807) is 4.68 Å². The first-order chi connectivity index (χ1) is 9.20. The van der Waals surface area contributed by atoms with Crippen LogP contribution in [0.1, 0.15) is 24.2 Å². The van der Waals surface area contributed by atoms with Gasteiger partial charge in [0, 0.05) is 23.3 Å². The first-order valence-electron chi connectivity index (χ1n) is 6.18. The Bertz CT molecular complexity index is 529. The minimum atomic E-state index is 0.0730. The fourth-order valence-corrected chi connectivity index (χ4v) is 2.45. The molecule has 1 aromatic heterocycles. The third-order valence-electron chi connectivity index (χ3n) is 2.88. The molecule has 0 unspecified atom stereocenters. The second kappa shape index (κ2) is 6.79. The molecule has 2 N–H and O–H groups in total. The summed E-state index contributed by atoms with van der Waals surface area (Å²) >= 11 is 3.55. The molecule has 0 radical (unpaired) electrons. The van der Waals surface area contributed by atoms with Crippen LogP contribution >= 0.6 is 15.9 Å². The number of halogens is 1. The van der Waals surface area contributed by atoms with Gasteiger partial charge < -0.3 is 10.4 Å². The minimum Gasteiger partial charge on any atom is -0.394 e. The topological polar surface area (TPSA) is 63.0 Å². The van der Waals surface area contributed by atoms with Crippen LogP contribution in [0, 0.1) is 0 Å². The number of nitrogens with one attached hydrogen (secondary N) is 1. The lowest BCUT2D eigenvalue weighted by molar-refractivity contribution is 0.268. The Morgan fingerprint density at radius 3 is 2.95 bits per heavy atom. The summed E-state index contributed by atoms with van der Waals surface area (Å²) in [6, 6.07) is 8.37. The van der Waals surface area contributed by atoms with E-state index in [2.05, 4.69) is 44.5 Å². The molecule has 2 aromatic rings. The lowest BCUT2D eigenvalue weighted by atomic mass is 10.1. The van der Waals surface area contributed by atoms with Crippen molar-refractivity contribution < 1.29 is 5.11 Å². The van der Waals surface area contributed by atoms with Gasteiger partial charge in [0.05, 0.1) is 18.8 Å². The normalized spacial score (nSPS) is 12.6. The summed E-state index contributed by atoms with van der Waals surface area (Å²) in [5.74, 6) is 0. The molecule has 0 aliphatic rings. The maximum Gasteiger partial charge on any atom is 0.0965 e. The van der Waals surface area contributed by atoms with Crippen LogP contribution in [0.3, 0.4) is 0 Å². The van der Waals surface area contributed by atoms with Crippen LogP contribution in [-0.4, -0.2) is 26.7 Å². The van der Waals surface area contributed by atoms with Crippen molar-refractivity contribution in [3.63, 3.8) is 0 Å². The highest BCUT2D eigenvalue weighted by molar-refractivity contribution is 9.10. The minimum absolute atomic E-state index is 0.0730.